The van der Waals surface area contributed by atoms with Crippen LogP contribution in [-0.2, 0) is 4.79 Å². The molecule has 32 heavy (non-hydrogen) atoms. The predicted molar refractivity (Wildman–Crippen MR) is 125 cm³/mol. The fourth-order valence-corrected chi connectivity index (χ4v) is 3.66. The molecular formula is C24H26N6O2. The minimum atomic E-state index is -0.261. The summed E-state index contributed by atoms with van der Waals surface area (Å²) in [6.45, 7) is 5.22. The summed E-state index contributed by atoms with van der Waals surface area (Å²) >= 11 is 0. The van der Waals surface area contributed by atoms with Crippen molar-refractivity contribution < 1.29 is 9.59 Å². The number of amides is 2. The smallest absolute Gasteiger partial charge is 0.257 e. The van der Waals surface area contributed by atoms with Crippen LogP contribution in [-0.4, -0.2) is 59.4 Å². The van der Waals surface area contributed by atoms with Crippen LogP contribution in [0.1, 0.15) is 15.9 Å². The van der Waals surface area contributed by atoms with E-state index in [4.69, 9.17) is 0 Å². The second-order valence-corrected chi connectivity index (χ2v) is 7.73. The number of nitrogens with one attached hydrogen (secondary N) is 2. The van der Waals surface area contributed by atoms with Crippen LogP contribution in [0.3, 0.4) is 0 Å². The van der Waals surface area contributed by atoms with E-state index in [-0.39, 0.29) is 18.4 Å². The van der Waals surface area contributed by atoms with Gasteiger partial charge < -0.3 is 15.5 Å². The van der Waals surface area contributed by atoms with Gasteiger partial charge in [-0.05, 0) is 42.8 Å². The highest BCUT2D eigenvalue weighted by Gasteiger charge is 2.21. The Hall–Kier alpha value is -3.78. The van der Waals surface area contributed by atoms with Crippen molar-refractivity contribution in [3.05, 3.63) is 78.1 Å². The number of anilines is 3. The summed E-state index contributed by atoms with van der Waals surface area (Å²) in [7, 11) is 0. The van der Waals surface area contributed by atoms with Gasteiger partial charge in [-0.15, -0.1) is 0 Å². The first-order valence-electron chi connectivity index (χ1n) is 10.6. The zero-order chi connectivity index (χ0) is 22.3. The first-order valence-corrected chi connectivity index (χ1v) is 10.6. The molecule has 0 radical (unpaired) electrons. The molecule has 0 aliphatic carbocycles. The molecule has 8 nitrogen and oxygen atoms in total. The summed E-state index contributed by atoms with van der Waals surface area (Å²) < 4.78 is 0. The quantitative estimate of drug-likeness (QED) is 0.625. The monoisotopic (exact) mass is 430 g/mol. The molecule has 164 valence electrons. The standard InChI is InChI=1S/C24H26N6O2/c1-18-6-4-7-19(16-18)27-23(32)20-8-2-3-9-21(20)28-22(31)17-29-12-14-30(15-13-29)24-25-10-5-11-26-24/h2-11,16H,12-15,17H2,1H3,(H,27,32)(H,28,31). The summed E-state index contributed by atoms with van der Waals surface area (Å²) in [4.78, 5) is 38.3. The van der Waals surface area contributed by atoms with Gasteiger partial charge in [0.05, 0.1) is 17.8 Å². The number of benzene rings is 2. The predicted octanol–water partition coefficient (Wildman–Crippen LogP) is 2.80. The molecule has 2 aromatic carbocycles. The molecule has 0 unspecified atom stereocenters. The first-order chi connectivity index (χ1) is 15.6. The number of carbonyl (C=O) groups is 2. The molecule has 4 rings (SSSR count). The summed E-state index contributed by atoms with van der Waals surface area (Å²) in [5.41, 5.74) is 2.70. The van der Waals surface area contributed by atoms with Gasteiger partial charge in [0.15, 0.2) is 0 Å². The Morgan fingerprint density at radius 3 is 2.41 bits per heavy atom. The summed E-state index contributed by atoms with van der Waals surface area (Å²) in [6, 6.07) is 16.4. The molecule has 0 atom stereocenters. The molecule has 8 heteroatoms. The number of nitrogens with zero attached hydrogens (tertiary/aromatic N) is 4. The Bertz CT molecular complexity index is 1080. The highest BCUT2D eigenvalue weighted by Crippen LogP contribution is 2.18. The third-order valence-electron chi connectivity index (χ3n) is 5.30. The van der Waals surface area contributed by atoms with Crippen LogP contribution < -0.4 is 15.5 Å². The van der Waals surface area contributed by atoms with Crippen molar-refractivity contribution in [3.63, 3.8) is 0 Å². The lowest BCUT2D eigenvalue weighted by molar-refractivity contribution is -0.117. The molecule has 1 fully saturated rings. The Labute approximate surface area is 187 Å². The SMILES string of the molecule is Cc1cccc(NC(=O)c2ccccc2NC(=O)CN2CCN(c3ncccn3)CC2)c1. The average molecular weight is 431 g/mol. The van der Waals surface area contributed by atoms with Gasteiger partial charge in [0, 0.05) is 44.3 Å². The van der Waals surface area contributed by atoms with Crippen molar-refractivity contribution in [3.8, 4) is 0 Å². The van der Waals surface area contributed by atoms with Crippen molar-refractivity contribution in [1.29, 1.82) is 0 Å². The van der Waals surface area contributed by atoms with Crippen molar-refractivity contribution in [2.75, 3.05) is 48.3 Å². The topological polar surface area (TPSA) is 90.5 Å². The van der Waals surface area contributed by atoms with Crippen LogP contribution in [0, 0.1) is 6.92 Å². The number of para-hydroxylation sites is 1. The van der Waals surface area contributed by atoms with E-state index < -0.39 is 0 Å². The number of aromatic nitrogens is 2. The van der Waals surface area contributed by atoms with E-state index in [0.717, 1.165) is 37.4 Å². The molecule has 1 aliphatic heterocycles. The van der Waals surface area contributed by atoms with Gasteiger partial charge in [0.1, 0.15) is 0 Å². The maximum atomic E-state index is 12.8. The number of hydrogen-bond donors (Lipinski definition) is 2. The number of carbonyl (C=O) groups excluding carboxylic acids is 2. The summed E-state index contributed by atoms with van der Waals surface area (Å²) in [5, 5.41) is 5.80. The molecule has 1 aliphatic rings. The Morgan fingerprint density at radius 1 is 0.906 bits per heavy atom. The van der Waals surface area contributed by atoms with Crippen LogP contribution in [0.4, 0.5) is 17.3 Å². The van der Waals surface area contributed by atoms with Crippen molar-refractivity contribution >= 4 is 29.1 Å². The molecule has 2 N–H and O–H groups in total. The molecule has 1 saturated heterocycles. The molecule has 1 aromatic heterocycles. The zero-order valence-corrected chi connectivity index (χ0v) is 18.0. The molecule has 2 heterocycles. The highest BCUT2D eigenvalue weighted by atomic mass is 16.2. The van der Waals surface area contributed by atoms with Crippen molar-refractivity contribution in [2.24, 2.45) is 0 Å². The van der Waals surface area contributed by atoms with Gasteiger partial charge in [-0.3, -0.25) is 14.5 Å². The van der Waals surface area contributed by atoms with Crippen LogP contribution in [0.25, 0.3) is 0 Å². The van der Waals surface area contributed by atoms with Crippen LogP contribution in [0.15, 0.2) is 67.0 Å². The Kier molecular flexibility index (Phi) is 6.72. The van der Waals surface area contributed by atoms with Gasteiger partial charge in [-0.2, -0.15) is 0 Å². The lowest BCUT2D eigenvalue weighted by Gasteiger charge is -2.34. The molecule has 0 saturated carbocycles. The lowest BCUT2D eigenvalue weighted by Crippen LogP contribution is -2.49. The summed E-state index contributed by atoms with van der Waals surface area (Å²) in [5.74, 6) is 0.304. The first kappa shape index (κ1) is 21.5. The molecule has 0 bridgehead atoms. The van der Waals surface area contributed by atoms with Crippen molar-refractivity contribution in [1.82, 2.24) is 14.9 Å². The zero-order valence-electron chi connectivity index (χ0n) is 18.0. The largest absolute Gasteiger partial charge is 0.338 e. The van der Waals surface area contributed by atoms with E-state index >= 15 is 0 Å². The van der Waals surface area contributed by atoms with E-state index in [1.807, 2.05) is 31.2 Å². The van der Waals surface area contributed by atoms with E-state index in [9.17, 15) is 9.59 Å². The average Bonchev–Trinajstić information content (AvgIpc) is 2.80. The van der Waals surface area contributed by atoms with Gasteiger partial charge >= 0.3 is 0 Å². The maximum absolute atomic E-state index is 12.8. The molecule has 3 aromatic rings. The lowest BCUT2D eigenvalue weighted by atomic mass is 10.1. The molecule has 2 amide bonds. The third kappa shape index (κ3) is 5.47. The second kappa shape index (κ2) is 10.0. The molecular weight excluding hydrogens is 404 g/mol. The van der Waals surface area contributed by atoms with E-state index in [1.54, 1.807) is 42.7 Å². The van der Waals surface area contributed by atoms with Gasteiger partial charge in [-0.25, -0.2) is 9.97 Å². The van der Waals surface area contributed by atoms with Gasteiger partial charge in [0.25, 0.3) is 5.91 Å². The van der Waals surface area contributed by atoms with E-state index in [0.29, 0.717) is 17.2 Å². The fraction of sp³-hybridized carbons (Fsp3) is 0.250. The third-order valence-corrected chi connectivity index (χ3v) is 5.30. The normalized spacial score (nSPS) is 14.1. The van der Waals surface area contributed by atoms with Crippen LogP contribution in [0.2, 0.25) is 0 Å². The van der Waals surface area contributed by atoms with Gasteiger partial charge in [0.2, 0.25) is 11.9 Å². The van der Waals surface area contributed by atoms with Crippen LogP contribution in [0.5, 0.6) is 0 Å². The summed E-state index contributed by atoms with van der Waals surface area (Å²) in [6.07, 6.45) is 3.46. The Balaban J connectivity index is 1.33. The molecule has 0 spiro atoms. The minimum Gasteiger partial charge on any atom is -0.338 e. The van der Waals surface area contributed by atoms with Crippen LogP contribution >= 0.6 is 0 Å². The van der Waals surface area contributed by atoms with E-state index in [1.165, 1.54) is 0 Å². The Morgan fingerprint density at radius 2 is 1.66 bits per heavy atom. The maximum Gasteiger partial charge on any atom is 0.257 e. The second-order valence-electron chi connectivity index (χ2n) is 7.73. The van der Waals surface area contributed by atoms with Crippen molar-refractivity contribution in [2.45, 2.75) is 6.92 Å². The fourth-order valence-electron chi connectivity index (χ4n) is 3.66. The number of hydrogen-bond acceptors (Lipinski definition) is 6. The minimum absolute atomic E-state index is 0.148. The van der Waals surface area contributed by atoms with E-state index in [2.05, 4.69) is 30.4 Å². The number of aryl methyl sites for hydroxylation is 1. The number of rotatable bonds is 6. The number of piperazine rings is 1. The van der Waals surface area contributed by atoms with Gasteiger partial charge in [-0.1, -0.05) is 24.3 Å². The highest BCUT2D eigenvalue weighted by molar-refractivity contribution is 6.10.